The maximum absolute atomic E-state index is 5.57. The number of aryl methyl sites for hydroxylation is 1. The minimum atomic E-state index is -0.0981. The van der Waals surface area contributed by atoms with Gasteiger partial charge in [0.05, 0.1) is 0 Å². The second-order valence-electron chi connectivity index (χ2n) is 3.57. The number of nitrogens with one attached hydrogen (secondary N) is 1. The van der Waals surface area contributed by atoms with Crippen LogP contribution in [0.4, 0.5) is 5.95 Å². The highest BCUT2D eigenvalue weighted by Crippen LogP contribution is 2.10. The second kappa shape index (κ2) is 3.15. The summed E-state index contributed by atoms with van der Waals surface area (Å²) in [6.07, 6.45) is 3.66. The fourth-order valence-corrected chi connectivity index (χ4v) is 0.840. The average molecular weight is 168 g/mol. The molecule has 0 aromatic carbocycles. The molecule has 0 atom stereocenters. The topological polar surface area (TPSA) is 55.9 Å². The molecule has 0 unspecified atom stereocenters. The van der Waals surface area contributed by atoms with Gasteiger partial charge in [-0.2, -0.15) is 0 Å². The van der Waals surface area contributed by atoms with Crippen molar-refractivity contribution in [3.05, 3.63) is 12.4 Å². The lowest BCUT2D eigenvalue weighted by atomic mass is 10.1. The third-order valence-electron chi connectivity index (χ3n) is 1.78. The normalized spacial score (nSPS) is 11.7. The zero-order valence-corrected chi connectivity index (χ0v) is 7.83. The van der Waals surface area contributed by atoms with Crippen molar-refractivity contribution in [1.82, 2.24) is 9.55 Å². The highest BCUT2D eigenvalue weighted by molar-refractivity contribution is 5.29. The quantitative estimate of drug-likeness (QED) is 0.693. The molecule has 1 aromatic rings. The summed E-state index contributed by atoms with van der Waals surface area (Å²) in [6.45, 7) is 4.67. The van der Waals surface area contributed by atoms with Gasteiger partial charge in [0.25, 0.3) is 0 Å². The van der Waals surface area contributed by atoms with E-state index in [0.717, 1.165) is 5.95 Å². The lowest BCUT2D eigenvalue weighted by Gasteiger charge is -2.24. The molecule has 0 aliphatic rings. The van der Waals surface area contributed by atoms with Crippen LogP contribution >= 0.6 is 0 Å². The van der Waals surface area contributed by atoms with Crippen LogP contribution in [-0.2, 0) is 7.05 Å². The first-order valence-corrected chi connectivity index (χ1v) is 4.01. The van der Waals surface area contributed by atoms with E-state index >= 15 is 0 Å². The summed E-state index contributed by atoms with van der Waals surface area (Å²) in [5.74, 6) is 0.852. The minimum Gasteiger partial charge on any atom is -0.350 e. The Morgan fingerprint density at radius 1 is 1.67 bits per heavy atom. The van der Waals surface area contributed by atoms with Crippen LogP contribution in [0.3, 0.4) is 0 Å². The molecule has 1 aromatic heterocycles. The molecule has 0 saturated carbocycles. The second-order valence-corrected chi connectivity index (χ2v) is 3.57. The van der Waals surface area contributed by atoms with E-state index in [2.05, 4.69) is 10.3 Å². The maximum Gasteiger partial charge on any atom is 0.202 e. The molecule has 3 N–H and O–H groups in total. The summed E-state index contributed by atoms with van der Waals surface area (Å²) in [7, 11) is 1.95. The first kappa shape index (κ1) is 9.06. The van der Waals surface area contributed by atoms with Gasteiger partial charge in [-0.3, -0.25) is 0 Å². The smallest absolute Gasteiger partial charge is 0.202 e. The highest BCUT2D eigenvalue weighted by atomic mass is 15.2. The lowest BCUT2D eigenvalue weighted by molar-refractivity contribution is 0.570. The number of imidazole rings is 1. The Kier molecular flexibility index (Phi) is 2.38. The Labute approximate surface area is 72.8 Å². The number of hydrogen-bond acceptors (Lipinski definition) is 3. The van der Waals surface area contributed by atoms with Gasteiger partial charge in [0.15, 0.2) is 0 Å². The zero-order valence-electron chi connectivity index (χ0n) is 7.83. The molecule has 12 heavy (non-hydrogen) atoms. The third kappa shape index (κ3) is 1.98. The van der Waals surface area contributed by atoms with Crippen molar-refractivity contribution in [2.24, 2.45) is 12.8 Å². The molecule has 1 heterocycles. The molecule has 4 heteroatoms. The summed E-state index contributed by atoms with van der Waals surface area (Å²) in [4.78, 5) is 4.15. The van der Waals surface area contributed by atoms with E-state index in [4.69, 9.17) is 5.73 Å². The number of nitrogens with two attached hydrogens (primary N) is 1. The largest absolute Gasteiger partial charge is 0.350 e. The number of rotatable bonds is 3. The van der Waals surface area contributed by atoms with Crippen LogP contribution in [0, 0.1) is 0 Å². The molecule has 0 aliphatic heterocycles. The molecule has 0 bridgehead atoms. The van der Waals surface area contributed by atoms with Gasteiger partial charge in [-0.25, -0.2) is 4.98 Å². The van der Waals surface area contributed by atoms with E-state index in [0.29, 0.717) is 6.54 Å². The summed E-state index contributed by atoms with van der Waals surface area (Å²) >= 11 is 0. The summed E-state index contributed by atoms with van der Waals surface area (Å²) in [5.41, 5.74) is 5.48. The number of nitrogens with zero attached hydrogens (tertiary/aromatic N) is 2. The summed E-state index contributed by atoms with van der Waals surface area (Å²) in [5, 5.41) is 3.24. The van der Waals surface area contributed by atoms with E-state index in [9.17, 15) is 0 Å². The van der Waals surface area contributed by atoms with Gasteiger partial charge in [-0.15, -0.1) is 0 Å². The predicted molar refractivity (Wildman–Crippen MR) is 50.0 cm³/mol. The van der Waals surface area contributed by atoms with Crippen molar-refractivity contribution in [2.75, 3.05) is 11.9 Å². The molecule has 0 saturated heterocycles. The van der Waals surface area contributed by atoms with Gasteiger partial charge in [0.1, 0.15) is 0 Å². The van der Waals surface area contributed by atoms with Crippen LogP contribution in [-0.4, -0.2) is 21.6 Å². The minimum absolute atomic E-state index is 0.0981. The average Bonchev–Trinajstić information content (AvgIpc) is 2.36. The van der Waals surface area contributed by atoms with Crippen molar-refractivity contribution in [2.45, 2.75) is 19.4 Å². The standard InChI is InChI=1S/C8H16N4/c1-8(2,6-9)11-7-10-4-5-12(7)3/h4-5H,6,9H2,1-3H3,(H,10,11). The van der Waals surface area contributed by atoms with Crippen LogP contribution in [0.1, 0.15) is 13.8 Å². The van der Waals surface area contributed by atoms with Gasteiger partial charge in [0.2, 0.25) is 5.95 Å². The predicted octanol–water partition coefficient (Wildman–Crippen LogP) is 0.569. The first-order valence-electron chi connectivity index (χ1n) is 4.01. The molecule has 4 nitrogen and oxygen atoms in total. The van der Waals surface area contributed by atoms with Gasteiger partial charge >= 0.3 is 0 Å². The van der Waals surface area contributed by atoms with Crippen LogP contribution in [0.5, 0.6) is 0 Å². The van der Waals surface area contributed by atoms with Crippen molar-refractivity contribution >= 4 is 5.95 Å². The summed E-state index contributed by atoms with van der Waals surface area (Å²) < 4.78 is 1.93. The van der Waals surface area contributed by atoms with Gasteiger partial charge in [-0.1, -0.05) is 0 Å². The van der Waals surface area contributed by atoms with Crippen molar-refractivity contribution in [1.29, 1.82) is 0 Å². The highest BCUT2D eigenvalue weighted by Gasteiger charge is 2.16. The number of aromatic nitrogens is 2. The molecule has 0 amide bonds. The molecule has 1 rings (SSSR count). The van der Waals surface area contributed by atoms with Gasteiger partial charge < -0.3 is 15.6 Å². The Morgan fingerprint density at radius 3 is 2.75 bits per heavy atom. The van der Waals surface area contributed by atoms with Crippen LogP contribution in [0.2, 0.25) is 0 Å². The number of anilines is 1. The van der Waals surface area contributed by atoms with E-state index in [-0.39, 0.29) is 5.54 Å². The fraction of sp³-hybridized carbons (Fsp3) is 0.625. The van der Waals surface area contributed by atoms with Crippen LogP contribution < -0.4 is 11.1 Å². The summed E-state index contributed by atoms with van der Waals surface area (Å²) in [6, 6.07) is 0. The Bertz CT molecular complexity index is 251. The zero-order chi connectivity index (χ0) is 9.19. The monoisotopic (exact) mass is 168 g/mol. The van der Waals surface area contributed by atoms with E-state index in [1.807, 2.05) is 31.7 Å². The third-order valence-corrected chi connectivity index (χ3v) is 1.78. The van der Waals surface area contributed by atoms with Gasteiger partial charge in [-0.05, 0) is 13.8 Å². The SMILES string of the molecule is Cn1ccnc1NC(C)(C)CN. The molecule has 0 fully saturated rings. The molecule has 0 spiro atoms. The first-order chi connectivity index (χ1) is 5.55. The van der Waals surface area contributed by atoms with E-state index in [1.54, 1.807) is 6.20 Å². The maximum atomic E-state index is 5.57. The van der Waals surface area contributed by atoms with Crippen molar-refractivity contribution < 1.29 is 0 Å². The molecule has 0 aliphatic carbocycles. The van der Waals surface area contributed by atoms with Crippen LogP contribution in [0.15, 0.2) is 12.4 Å². The van der Waals surface area contributed by atoms with Gasteiger partial charge in [0, 0.05) is 31.5 Å². The Morgan fingerprint density at radius 2 is 2.33 bits per heavy atom. The van der Waals surface area contributed by atoms with E-state index in [1.165, 1.54) is 0 Å². The van der Waals surface area contributed by atoms with E-state index < -0.39 is 0 Å². The molecule has 68 valence electrons. The van der Waals surface area contributed by atoms with Crippen molar-refractivity contribution in [3.63, 3.8) is 0 Å². The van der Waals surface area contributed by atoms with Crippen LogP contribution in [0.25, 0.3) is 0 Å². The fourth-order valence-electron chi connectivity index (χ4n) is 0.840. The molecular formula is C8H16N4. The Balaban J connectivity index is 2.70. The van der Waals surface area contributed by atoms with Crippen molar-refractivity contribution in [3.8, 4) is 0 Å². The Hall–Kier alpha value is -1.03. The molecular weight excluding hydrogens is 152 g/mol. The molecule has 0 radical (unpaired) electrons. The lowest BCUT2D eigenvalue weighted by Crippen LogP contribution is -2.39. The number of hydrogen-bond donors (Lipinski definition) is 2.